The number of carboxylic acid groups (broad SMARTS) is 1. The zero-order chi connectivity index (χ0) is 23.6. The zero-order valence-corrected chi connectivity index (χ0v) is 18.1. The molecule has 0 aromatic heterocycles. The number of likely N-dealkylation sites (tertiary alicyclic amines) is 1. The van der Waals surface area contributed by atoms with E-state index in [1.807, 2.05) is 12.1 Å². The second kappa shape index (κ2) is 9.33. The third kappa shape index (κ3) is 5.23. The molecule has 2 amide bonds. The van der Waals surface area contributed by atoms with E-state index in [1.54, 1.807) is 6.07 Å². The van der Waals surface area contributed by atoms with Crippen LogP contribution in [0.1, 0.15) is 42.4 Å². The molecule has 6 nitrogen and oxygen atoms in total. The molecule has 0 bridgehead atoms. The average Bonchev–Trinajstić information content (AvgIpc) is 2.79. The Bertz CT molecular complexity index is 1020. The van der Waals surface area contributed by atoms with Crippen LogP contribution in [0.25, 0.3) is 0 Å². The standard InChI is InChI=1S/C24H26F3N3O3/c25-24(26,27)18-8-6-16(7-9-18)15-29-12-3-4-17-14-19(10-11-20(17)29)28-22(31)21-5-1-2-13-30(21)23(32)33/h6-11,14,21H,1-5,12-13,15H2,(H,28,31)(H,32,33)/t21-/m1/s1. The Labute approximate surface area is 190 Å². The Morgan fingerprint density at radius 3 is 2.48 bits per heavy atom. The lowest BCUT2D eigenvalue weighted by atomic mass is 9.99. The number of fused-ring (bicyclic) bond motifs is 1. The van der Waals surface area contributed by atoms with E-state index in [2.05, 4.69) is 10.2 Å². The smallest absolute Gasteiger partial charge is 0.416 e. The molecule has 2 aromatic carbocycles. The molecule has 0 spiro atoms. The number of nitrogens with zero attached hydrogens (tertiary/aromatic N) is 2. The highest BCUT2D eigenvalue weighted by atomic mass is 19.4. The molecular weight excluding hydrogens is 435 g/mol. The third-order valence-corrected chi connectivity index (χ3v) is 6.27. The number of aryl methyl sites for hydroxylation is 1. The minimum atomic E-state index is -4.35. The summed E-state index contributed by atoms with van der Waals surface area (Å²) in [6.07, 6.45) is -1.65. The molecular formula is C24H26F3N3O3. The normalized spacial score (nSPS) is 18.6. The summed E-state index contributed by atoms with van der Waals surface area (Å²) in [4.78, 5) is 27.5. The van der Waals surface area contributed by atoms with Gasteiger partial charge in [0.05, 0.1) is 5.56 Å². The van der Waals surface area contributed by atoms with Crippen LogP contribution in [0.2, 0.25) is 0 Å². The molecule has 1 atom stereocenters. The van der Waals surface area contributed by atoms with Gasteiger partial charge in [0.2, 0.25) is 5.91 Å². The number of nitrogens with one attached hydrogen (secondary N) is 1. The van der Waals surface area contributed by atoms with Crippen molar-refractivity contribution in [2.75, 3.05) is 23.3 Å². The molecule has 1 saturated heterocycles. The van der Waals surface area contributed by atoms with E-state index < -0.39 is 23.9 Å². The highest BCUT2D eigenvalue weighted by Gasteiger charge is 2.32. The molecule has 1 fully saturated rings. The van der Waals surface area contributed by atoms with Crippen LogP contribution in [0.5, 0.6) is 0 Å². The molecule has 2 aliphatic rings. The molecule has 33 heavy (non-hydrogen) atoms. The summed E-state index contributed by atoms with van der Waals surface area (Å²) in [5, 5.41) is 12.2. The number of anilines is 2. The van der Waals surface area contributed by atoms with Gasteiger partial charge >= 0.3 is 12.3 Å². The lowest BCUT2D eigenvalue weighted by molar-refractivity contribution is -0.137. The number of benzene rings is 2. The van der Waals surface area contributed by atoms with Gasteiger partial charge in [-0.1, -0.05) is 12.1 Å². The second-order valence-electron chi connectivity index (χ2n) is 8.54. The Balaban J connectivity index is 1.46. The molecule has 0 saturated carbocycles. The lowest BCUT2D eigenvalue weighted by Crippen LogP contribution is -2.49. The first-order valence-corrected chi connectivity index (χ1v) is 11.1. The van der Waals surface area contributed by atoms with Gasteiger partial charge in [-0.05, 0) is 73.6 Å². The zero-order valence-electron chi connectivity index (χ0n) is 18.1. The van der Waals surface area contributed by atoms with Crippen LogP contribution in [-0.2, 0) is 23.9 Å². The van der Waals surface area contributed by atoms with E-state index in [4.69, 9.17) is 0 Å². The summed E-state index contributed by atoms with van der Waals surface area (Å²) >= 11 is 0. The first-order chi connectivity index (χ1) is 15.7. The fraction of sp³-hybridized carbons (Fsp3) is 0.417. The minimum Gasteiger partial charge on any atom is -0.465 e. The molecule has 2 aromatic rings. The average molecular weight is 461 g/mol. The van der Waals surface area contributed by atoms with Crippen molar-refractivity contribution in [3.8, 4) is 0 Å². The van der Waals surface area contributed by atoms with Gasteiger partial charge in [-0.3, -0.25) is 9.69 Å². The van der Waals surface area contributed by atoms with Crippen molar-refractivity contribution in [1.82, 2.24) is 4.90 Å². The molecule has 0 aliphatic carbocycles. The first kappa shape index (κ1) is 22.9. The molecule has 0 unspecified atom stereocenters. The Kier molecular flexibility index (Phi) is 6.49. The van der Waals surface area contributed by atoms with Crippen LogP contribution in [0.3, 0.4) is 0 Å². The number of piperidine rings is 1. The van der Waals surface area contributed by atoms with E-state index in [0.29, 0.717) is 25.2 Å². The highest BCUT2D eigenvalue weighted by Crippen LogP contribution is 2.33. The maximum atomic E-state index is 12.8. The fourth-order valence-corrected chi connectivity index (χ4v) is 4.60. The van der Waals surface area contributed by atoms with Crippen molar-refractivity contribution in [2.45, 2.75) is 50.9 Å². The van der Waals surface area contributed by atoms with E-state index in [1.165, 1.54) is 17.0 Å². The SMILES string of the molecule is O=C(Nc1ccc2c(c1)CCCN2Cc1ccc(C(F)(F)F)cc1)[C@H]1CCCCN1C(=O)O. The predicted octanol–water partition coefficient (Wildman–Crippen LogP) is 5.13. The number of halogens is 3. The largest absolute Gasteiger partial charge is 0.465 e. The van der Waals surface area contributed by atoms with Crippen molar-refractivity contribution in [1.29, 1.82) is 0 Å². The predicted molar refractivity (Wildman–Crippen MR) is 118 cm³/mol. The molecule has 2 N–H and O–H groups in total. The van der Waals surface area contributed by atoms with E-state index in [-0.39, 0.29) is 5.91 Å². The Morgan fingerprint density at radius 2 is 1.79 bits per heavy atom. The van der Waals surface area contributed by atoms with Crippen molar-refractivity contribution >= 4 is 23.4 Å². The highest BCUT2D eigenvalue weighted by molar-refractivity contribution is 5.96. The van der Waals surface area contributed by atoms with Crippen molar-refractivity contribution in [3.05, 3.63) is 59.2 Å². The summed E-state index contributed by atoms with van der Waals surface area (Å²) in [5.74, 6) is -0.325. The fourth-order valence-electron chi connectivity index (χ4n) is 4.60. The van der Waals surface area contributed by atoms with Crippen LogP contribution in [-0.4, -0.2) is 41.1 Å². The van der Waals surface area contributed by atoms with Crippen LogP contribution in [0.4, 0.5) is 29.3 Å². The first-order valence-electron chi connectivity index (χ1n) is 11.1. The summed E-state index contributed by atoms with van der Waals surface area (Å²) in [6, 6.07) is 10.1. The third-order valence-electron chi connectivity index (χ3n) is 6.27. The lowest BCUT2D eigenvalue weighted by Gasteiger charge is -2.33. The van der Waals surface area contributed by atoms with Gasteiger partial charge in [0.1, 0.15) is 6.04 Å². The molecule has 9 heteroatoms. The van der Waals surface area contributed by atoms with E-state index >= 15 is 0 Å². The maximum absolute atomic E-state index is 12.8. The van der Waals surface area contributed by atoms with Gasteiger partial charge in [-0.15, -0.1) is 0 Å². The maximum Gasteiger partial charge on any atom is 0.416 e. The molecule has 0 radical (unpaired) electrons. The van der Waals surface area contributed by atoms with Gasteiger partial charge in [0, 0.05) is 31.0 Å². The van der Waals surface area contributed by atoms with E-state index in [9.17, 15) is 27.9 Å². The van der Waals surface area contributed by atoms with Gasteiger partial charge in [-0.25, -0.2) is 4.79 Å². The molecule has 2 aliphatic heterocycles. The number of alkyl halides is 3. The quantitative estimate of drug-likeness (QED) is 0.662. The number of amides is 2. The van der Waals surface area contributed by atoms with Crippen LogP contribution < -0.4 is 10.2 Å². The Morgan fingerprint density at radius 1 is 1.03 bits per heavy atom. The number of carbonyl (C=O) groups excluding carboxylic acids is 1. The summed E-state index contributed by atoms with van der Waals surface area (Å²) in [6.45, 7) is 1.64. The molecule has 176 valence electrons. The summed E-state index contributed by atoms with van der Waals surface area (Å²) in [7, 11) is 0. The summed E-state index contributed by atoms with van der Waals surface area (Å²) in [5.41, 5.74) is 2.78. The number of rotatable bonds is 4. The van der Waals surface area contributed by atoms with Crippen molar-refractivity contribution in [2.24, 2.45) is 0 Å². The van der Waals surface area contributed by atoms with Gasteiger partial charge in [0.15, 0.2) is 0 Å². The topological polar surface area (TPSA) is 72.9 Å². The van der Waals surface area contributed by atoms with Crippen molar-refractivity contribution in [3.63, 3.8) is 0 Å². The minimum absolute atomic E-state index is 0.325. The number of hydrogen-bond acceptors (Lipinski definition) is 3. The van der Waals surface area contributed by atoms with E-state index in [0.717, 1.165) is 61.2 Å². The Hall–Kier alpha value is -3.23. The van der Waals surface area contributed by atoms with Crippen molar-refractivity contribution < 1.29 is 27.9 Å². The van der Waals surface area contributed by atoms with Gasteiger partial charge in [-0.2, -0.15) is 13.2 Å². The van der Waals surface area contributed by atoms with Gasteiger partial charge in [0.25, 0.3) is 0 Å². The number of hydrogen-bond donors (Lipinski definition) is 2. The summed E-state index contributed by atoms with van der Waals surface area (Å²) < 4.78 is 38.4. The van der Waals surface area contributed by atoms with Crippen LogP contribution >= 0.6 is 0 Å². The van der Waals surface area contributed by atoms with Crippen LogP contribution in [0.15, 0.2) is 42.5 Å². The van der Waals surface area contributed by atoms with Crippen LogP contribution in [0, 0.1) is 0 Å². The molecule has 4 rings (SSSR count). The number of carbonyl (C=O) groups is 2. The monoisotopic (exact) mass is 461 g/mol. The van der Waals surface area contributed by atoms with Gasteiger partial charge < -0.3 is 15.3 Å². The molecule has 2 heterocycles. The second-order valence-corrected chi connectivity index (χ2v) is 8.54.